The van der Waals surface area contributed by atoms with Gasteiger partial charge in [0.15, 0.2) is 6.10 Å². The van der Waals surface area contributed by atoms with Gasteiger partial charge in [-0.25, -0.2) is 4.79 Å². The fourth-order valence-corrected chi connectivity index (χ4v) is 1.70. The van der Waals surface area contributed by atoms with Crippen molar-refractivity contribution in [3.05, 3.63) is 0 Å². The first-order chi connectivity index (χ1) is 7.25. The van der Waals surface area contributed by atoms with Crippen molar-refractivity contribution in [3.8, 4) is 0 Å². The van der Waals surface area contributed by atoms with Gasteiger partial charge in [-0.3, -0.25) is 0 Å². The Morgan fingerprint density at radius 1 is 1.47 bits per heavy atom. The Labute approximate surface area is 89.0 Å². The first-order valence-electron chi connectivity index (χ1n) is 5.28. The van der Waals surface area contributed by atoms with Crippen molar-refractivity contribution in [3.63, 3.8) is 0 Å². The number of hydrogen-bond acceptors (Lipinski definition) is 4. The van der Waals surface area contributed by atoms with E-state index in [4.69, 9.17) is 19.7 Å². The number of carboxylic acid groups (broad SMARTS) is 1. The molecule has 88 valence electrons. The molecule has 1 fully saturated rings. The number of carbonyl (C=O) groups is 1. The van der Waals surface area contributed by atoms with Gasteiger partial charge in [0.1, 0.15) is 0 Å². The van der Waals surface area contributed by atoms with Crippen LogP contribution in [-0.4, -0.2) is 48.7 Å². The molecule has 0 aromatic carbocycles. The highest BCUT2D eigenvalue weighted by atomic mass is 16.5. The minimum Gasteiger partial charge on any atom is -0.479 e. The number of ether oxygens (including phenoxy) is 2. The van der Waals surface area contributed by atoms with E-state index < -0.39 is 12.1 Å². The summed E-state index contributed by atoms with van der Waals surface area (Å²) in [5.74, 6) is -0.880. The molecule has 0 radical (unpaired) electrons. The van der Waals surface area contributed by atoms with Crippen molar-refractivity contribution in [2.75, 3.05) is 26.4 Å². The van der Waals surface area contributed by atoms with Gasteiger partial charge in [0.2, 0.25) is 0 Å². The maximum Gasteiger partial charge on any atom is 0.333 e. The van der Waals surface area contributed by atoms with Gasteiger partial charge in [-0.05, 0) is 19.3 Å². The quantitative estimate of drug-likeness (QED) is 0.626. The van der Waals surface area contributed by atoms with Crippen LogP contribution in [0.15, 0.2) is 0 Å². The van der Waals surface area contributed by atoms with Gasteiger partial charge >= 0.3 is 5.97 Å². The average Bonchev–Trinajstić information content (AvgIpc) is 2.25. The van der Waals surface area contributed by atoms with Crippen molar-refractivity contribution in [2.24, 2.45) is 5.92 Å². The van der Waals surface area contributed by atoms with E-state index in [1.165, 1.54) is 0 Å². The first kappa shape index (κ1) is 12.4. The summed E-state index contributed by atoms with van der Waals surface area (Å²) >= 11 is 0. The molecule has 1 aliphatic rings. The van der Waals surface area contributed by atoms with Crippen LogP contribution < -0.4 is 0 Å². The van der Waals surface area contributed by atoms with Crippen LogP contribution in [0.25, 0.3) is 0 Å². The van der Waals surface area contributed by atoms with E-state index in [0.717, 1.165) is 12.8 Å². The van der Waals surface area contributed by atoms with E-state index in [-0.39, 0.29) is 12.5 Å². The van der Waals surface area contributed by atoms with Crippen LogP contribution in [-0.2, 0) is 14.3 Å². The SMILES string of the molecule is O=C(O)C(OCCCO)C1CCOCC1. The molecule has 1 heterocycles. The van der Waals surface area contributed by atoms with E-state index in [0.29, 0.717) is 26.2 Å². The number of carboxylic acids is 1. The average molecular weight is 218 g/mol. The zero-order valence-corrected chi connectivity index (χ0v) is 8.72. The smallest absolute Gasteiger partial charge is 0.333 e. The fourth-order valence-electron chi connectivity index (χ4n) is 1.70. The molecule has 0 bridgehead atoms. The third-order valence-electron chi connectivity index (χ3n) is 2.54. The third-order valence-corrected chi connectivity index (χ3v) is 2.54. The molecule has 0 amide bonds. The second kappa shape index (κ2) is 6.76. The van der Waals surface area contributed by atoms with Crippen LogP contribution >= 0.6 is 0 Å². The van der Waals surface area contributed by atoms with Gasteiger partial charge in [-0.15, -0.1) is 0 Å². The Balaban J connectivity index is 2.37. The molecule has 0 aromatic rings. The summed E-state index contributed by atoms with van der Waals surface area (Å²) in [5, 5.41) is 17.6. The molecule has 0 aliphatic carbocycles. The van der Waals surface area contributed by atoms with Crippen molar-refractivity contribution in [1.82, 2.24) is 0 Å². The summed E-state index contributed by atoms with van der Waals surface area (Å²) in [4.78, 5) is 11.0. The number of aliphatic hydroxyl groups is 1. The summed E-state index contributed by atoms with van der Waals surface area (Å²) in [5.41, 5.74) is 0. The second-order valence-corrected chi connectivity index (χ2v) is 3.66. The lowest BCUT2D eigenvalue weighted by Gasteiger charge is -2.27. The monoisotopic (exact) mass is 218 g/mol. The van der Waals surface area contributed by atoms with Crippen molar-refractivity contribution >= 4 is 5.97 Å². The highest BCUT2D eigenvalue weighted by Gasteiger charge is 2.30. The Kier molecular flexibility index (Phi) is 5.60. The topological polar surface area (TPSA) is 76.0 Å². The predicted octanol–water partition coefficient (Wildman–Crippen LogP) is 0.265. The normalized spacial score (nSPS) is 20.1. The maximum absolute atomic E-state index is 11.0. The molecule has 0 aromatic heterocycles. The molecule has 15 heavy (non-hydrogen) atoms. The van der Waals surface area contributed by atoms with Gasteiger partial charge in [-0.2, -0.15) is 0 Å². The minimum atomic E-state index is -0.917. The molecule has 1 unspecified atom stereocenters. The van der Waals surface area contributed by atoms with Gasteiger partial charge in [-0.1, -0.05) is 0 Å². The van der Waals surface area contributed by atoms with Crippen molar-refractivity contribution in [2.45, 2.75) is 25.4 Å². The van der Waals surface area contributed by atoms with Gasteiger partial charge < -0.3 is 19.7 Å². The molecule has 0 spiro atoms. The number of aliphatic carboxylic acids is 1. The lowest BCUT2D eigenvalue weighted by molar-refractivity contribution is -0.157. The lowest BCUT2D eigenvalue weighted by Crippen LogP contribution is -2.36. The predicted molar refractivity (Wildman–Crippen MR) is 52.6 cm³/mol. The van der Waals surface area contributed by atoms with Crippen LogP contribution in [0.1, 0.15) is 19.3 Å². The molecule has 1 rings (SSSR count). The van der Waals surface area contributed by atoms with Crippen LogP contribution in [0.2, 0.25) is 0 Å². The molecule has 2 N–H and O–H groups in total. The molecular formula is C10H18O5. The summed E-state index contributed by atoms with van der Waals surface area (Å²) in [6.07, 6.45) is 1.19. The highest BCUT2D eigenvalue weighted by Crippen LogP contribution is 2.21. The molecular weight excluding hydrogens is 200 g/mol. The Morgan fingerprint density at radius 2 is 2.13 bits per heavy atom. The Bertz CT molecular complexity index is 188. The molecule has 1 saturated heterocycles. The number of aliphatic hydroxyl groups excluding tert-OH is 1. The third kappa shape index (κ3) is 4.15. The molecule has 5 heteroatoms. The van der Waals surface area contributed by atoms with Crippen molar-refractivity contribution < 1.29 is 24.5 Å². The summed E-state index contributed by atoms with van der Waals surface area (Å²) < 4.78 is 10.4. The molecule has 0 saturated carbocycles. The zero-order valence-electron chi connectivity index (χ0n) is 8.72. The second-order valence-electron chi connectivity index (χ2n) is 3.66. The first-order valence-corrected chi connectivity index (χ1v) is 5.28. The van der Waals surface area contributed by atoms with E-state index >= 15 is 0 Å². The minimum absolute atomic E-state index is 0.0279. The van der Waals surface area contributed by atoms with Crippen LogP contribution in [0, 0.1) is 5.92 Å². The fraction of sp³-hybridized carbons (Fsp3) is 0.900. The van der Waals surface area contributed by atoms with E-state index in [1.807, 2.05) is 0 Å². The van der Waals surface area contributed by atoms with E-state index in [2.05, 4.69) is 0 Å². The molecule has 1 atom stereocenters. The van der Waals surface area contributed by atoms with Gasteiger partial charge in [0.25, 0.3) is 0 Å². The number of rotatable bonds is 6. The number of hydrogen-bond donors (Lipinski definition) is 2. The summed E-state index contributed by atoms with van der Waals surface area (Å²) in [7, 11) is 0. The van der Waals surface area contributed by atoms with Gasteiger partial charge in [0, 0.05) is 32.3 Å². The van der Waals surface area contributed by atoms with Crippen molar-refractivity contribution in [1.29, 1.82) is 0 Å². The lowest BCUT2D eigenvalue weighted by atomic mass is 9.94. The van der Waals surface area contributed by atoms with E-state index in [9.17, 15) is 4.79 Å². The zero-order chi connectivity index (χ0) is 11.1. The van der Waals surface area contributed by atoms with E-state index in [1.54, 1.807) is 0 Å². The van der Waals surface area contributed by atoms with Crippen LogP contribution in [0.4, 0.5) is 0 Å². The molecule has 1 aliphatic heterocycles. The Morgan fingerprint density at radius 3 is 2.67 bits per heavy atom. The van der Waals surface area contributed by atoms with Gasteiger partial charge in [0.05, 0.1) is 0 Å². The summed E-state index contributed by atoms with van der Waals surface area (Å²) in [6, 6.07) is 0. The Hall–Kier alpha value is -0.650. The highest BCUT2D eigenvalue weighted by molar-refractivity contribution is 5.72. The van der Waals surface area contributed by atoms with Crippen LogP contribution in [0.5, 0.6) is 0 Å². The molecule has 5 nitrogen and oxygen atoms in total. The maximum atomic E-state index is 11.0. The summed E-state index contributed by atoms with van der Waals surface area (Å²) in [6.45, 7) is 1.54. The standard InChI is InChI=1S/C10H18O5/c11-4-1-5-15-9(10(12)13)8-2-6-14-7-3-8/h8-9,11H,1-7H2,(H,12,13). The largest absolute Gasteiger partial charge is 0.479 e. The van der Waals surface area contributed by atoms with Crippen LogP contribution in [0.3, 0.4) is 0 Å².